The summed E-state index contributed by atoms with van der Waals surface area (Å²) in [6.07, 6.45) is 6.47. The molecule has 0 unspecified atom stereocenters. The zero-order valence-corrected chi connectivity index (χ0v) is 24.5. The minimum atomic E-state index is -0.269. The minimum Gasteiger partial charge on any atom is -1.00 e. The molecule has 0 atom stereocenters. The van der Waals surface area contributed by atoms with E-state index in [1.165, 1.54) is 38.6 Å². The Hall–Kier alpha value is -1.38. The molecule has 1 radical (unpaired) electrons. The predicted octanol–water partition coefficient (Wildman–Crippen LogP) is 1.26. The van der Waals surface area contributed by atoms with Crippen molar-refractivity contribution in [2.75, 3.05) is 6.61 Å². The summed E-state index contributed by atoms with van der Waals surface area (Å²) in [6.45, 7) is 9.81. The molecule has 0 amide bonds. The molecule has 33 heavy (non-hydrogen) atoms. The third-order valence-corrected chi connectivity index (χ3v) is 6.34. The maximum atomic E-state index is 5.40. The average molecular weight is 572 g/mol. The van der Waals surface area contributed by atoms with E-state index >= 15 is 0 Å². The van der Waals surface area contributed by atoms with Crippen LogP contribution in [0.5, 0.6) is 0 Å². The van der Waals surface area contributed by atoms with Crippen molar-refractivity contribution in [2.45, 2.75) is 32.9 Å². The number of hydrogen-bond donors (Lipinski definition) is 0. The summed E-state index contributed by atoms with van der Waals surface area (Å²) >= 11 is 0. The second-order valence-corrected chi connectivity index (χ2v) is 10.9. The summed E-state index contributed by atoms with van der Waals surface area (Å²) in [5.74, 6) is 1.64. The van der Waals surface area contributed by atoms with Crippen molar-refractivity contribution in [3.8, 4) is 11.1 Å². The third kappa shape index (κ3) is 7.30. The number of fused-ring (bicyclic) bond motifs is 2. The Balaban J connectivity index is 0.000000322. The molecular formula is C28H29Cl2OSiZr. The second kappa shape index (κ2) is 13.5. The molecule has 5 heteroatoms. The van der Waals surface area contributed by atoms with Crippen LogP contribution in [-0.4, -0.2) is 20.7 Å². The first-order valence-electron chi connectivity index (χ1n) is 10.7. The van der Waals surface area contributed by atoms with Crippen LogP contribution in [0.1, 0.15) is 25.3 Å². The fraction of sp³-hybridized carbons (Fsp3) is 0.214. The van der Waals surface area contributed by atoms with Gasteiger partial charge >= 0.3 is 26.2 Å². The molecule has 0 saturated carbocycles. The average Bonchev–Trinajstić information content (AvgIpc) is 3.42. The van der Waals surface area contributed by atoms with Crippen molar-refractivity contribution < 1.29 is 55.8 Å². The van der Waals surface area contributed by atoms with Crippen LogP contribution in [0, 0.1) is 0 Å². The molecule has 1 nitrogen and oxygen atoms in total. The maximum Gasteiger partial charge on any atom is 3.00 e. The van der Waals surface area contributed by atoms with Gasteiger partial charge in [-0.15, -0.1) is 34.5 Å². The Morgan fingerprint density at radius 1 is 0.970 bits per heavy atom. The van der Waals surface area contributed by atoms with Gasteiger partial charge in [0.25, 0.3) is 0 Å². The molecule has 2 aliphatic rings. The number of hydrogen-bond acceptors (Lipinski definition) is 1. The van der Waals surface area contributed by atoms with Crippen LogP contribution < -0.4 is 24.8 Å². The van der Waals surface area contributed by atoms with Crippen molar-refractivity contribution in [1.82, 2.24) is 0 Å². The molecule has 3 aromatic carbocycles. The van der Waals surface area contributed by atoms with Gasteiger partial charge in [-0.05, 0) is 35.3 Å². The van der Waals surface area contributed by atoms with Crippen LogP contribution in [-0.2, 0) is 30.9 Å². The first kappa shape index (κ1) is 29.7. The van der Waals surface area contributed by atoms with Crippen LogP contribution in [0.4, 0.5) is 0 Å². The molecular weight excluding hydrogens is 543 g/mol. The van der Waals surface area contributed by atoms with Gasteiger partial charge in [0.1, 0.15) is 12.4 Å². The molecule has 3 aromatic rings. The molecule has 0 saturated heterocycles. The van der Waals surface area contributed by atoms with Crippen LogP contribution in [0.2, 0.25) is 13.1 Å². The zero-order chi connectivity index (χ0) is 21.1. The number of rotatable bonds is 3. The number of ether oxygens (including phenoxy) is 1. The first-order chi connectivity index (χ1) is 14.5. The zero-order valence-electron chi connectivity index (χ0n) is 19.5. The third-order valence-electron chi connectivity index (χ3n) is 5.43. The summed E-state index contributed by atoms with van der Waals surface area (Å²) < 4.78 is 5.40. The van der Waals surface area contributed by atoms with Crippen molar-refractivity contribution in [2.24, 2.45) is 0 Å². The fourth-order valence-electron chi connectivity index (χ4n) is 3.91. The van der Waals surface area contributed by atoms with Gasteiger partial charge in [-0.2, -0.15) is 6.07 Å². The molecule has 1 aliphatic carbocycles. The van der Waals surface area contributed by atoms with Gasteiger partial charge in [0.15, 0.2) is 0 Å². The molecule has 1 heterocycles. The van der Waals surface area contributed by atoms with E-state index in [1.54, 1.807) is 0 Å². The van der Waals surface area contributed by atoms with E-state index in [-0.39, 0.29) is 59.4 Å². The number of allylic oxidation sites excluding steroid dienone is 3. The van der Waals surface area contributed by atoms with E-state index in [0.29, 0.717) is 5.92 Å². The van der Waals surface area contributed by atoms with E-state index in [0.717, 1.165) is 12.4 Å². The largest absolute Gasteiger partial charge is 3.00 e. The number of halogens is 2. The quantitative estimate of drug-likeness (QED) is 0.340. The molecule has 0 aromatic heterocycles. The molecule has 0 bridgehead atoms. The molecule has 1 aliphatic heterocycles. The van der Waals surface area contributed by atoms with Crippen LogP contribution in [0.25, 0.3) is 21.9 Å². The van der Waals surface area contributed by atoms with Gasteiger partial charge in [-0.3, -0.25) is 0 Å². The van der Waals surface area contributed by atoms with Gasteiger partial charge in [0.2, 0.25) is 0 Å². The van der Waals surface area contributed by atoms with Crippen LogP contribution in [0.15, 0.2) is 95.8 Å². The Bertz CT molecular complexity index is 1180. The van der Waals surface area contributed by atoms with Crippen molar-refractivity contribution in [1.29, 1.82) is 0 Å². The molecule has 0 spiro atoms. The second-order valence-electron chi connectivity index (χ2n) is 8.46. The molecule has 5 rings (SSSR count). The summed E-state index contributed by atoms with van der Waals surface area (Å²) in [5, 5.41) is 2.72. The van der Waals surface area contributed by atoms with E-state index in [2.05, 4.69) is 112 Å². The van der Waals surface area contributed by atoms with Gasteiger partial charge in [-0.25, -0.2) is 0 Å². The Morgan fingerprint density at radius 3 is 2.33 bits per heavy atom. The van der Waals surface area contributed by atoms with Crippen molar-refractivity contribution in [3.05, 3.63) is 101 Å². The van der Waals surface area contributed by atoms with E-state index in [4.69, 9.17) is 4.74 Å². The summed E-state index contributed by atoms with van der Waals surface area (Å²) in [5.41, 5.74) is 9.00. The molecule has 169 valence electrons. The molecule has 0 fully saturated rings. The van der Waals surface area contributed by atoms with E-state index < -0.39 is 0 Å². The summed E-state index contributed by atoms with van der Waals surface area (Å²) in [4.78, 5) is 0. The van der Waals surface area contributed by atoms with Crippen molar-refractivity contribution in [3.63, 3.8) is 0 Å². The monoisotopic (exact) mass is 569 g/mol. The van der Waals surface area contributed by atoms with E-state index in [1.807, 2.05) is 0 Å². The SMILES string of the molecule is CC(C)c1cc2c(-c3ccccc3)cccc2[cH-]1.C[Si](C)=CC1=CC2=CCOC2=C1.[Cl-].[Cl-].[Zr+3]. The summed E-state index contributed by atoms with van der Waals surface area (Å²) in [6, 6.07) is 21.8. The Labute approximate surface area is 231 Å². The van der Waals surface area contributed by atoms with Gasteiger partial charge in [0, 0.05) is 14.0 Å². The Kier molecular flexibility index (Phi) is 12.1. The standard InChI is InChI=1S/C18H17.C10H12OSi.2ClH.Zr/c1-13(2)16-11-15-9-6-10-17(18(15)12-16)14-7-4-3-5-8-14;1-12(2)7-8-5-9-3-4-11-10(9)6-8;;;/h3-13H,1-2H3;3,5-7H,4H2,1-2H3;2*1H;/q-1;;;;+3/p-2. The van der Waals surface area contributed by atoms with Gasteiger partial charge in [0.05, 0.1) is 0 Å². The normalized spacial score (nSPS) is 13.1. The topological polar surface area (TPSA) is 9.23 Å². The smallest absolute Gasteiger partial charge is 1.00 e. The van der Waals surface area contributed by atoms with Crippen LogP contribution in [0.3, 0.4) is 0 Å². The predicted molar refractivity (Wildman–Crippen MR) is 133 cm³/mol. The van der Waals surface area contributed by atoms with E-state index in [9.17, 15) is 0 Å². The first-order valence-corrected chi connectivity index (χ1v) is 13.3. The minimum absolute atomic E-state index is 0. The number of benzene rings is 2. The van der Waals surface area contributed by atoms with Crippen LogP contribution >= 0.6 is 0 Å². The Morgan fingerprint density at radius 2 is 1.70 bits per heavy atom. The van der Waals surface area contributed by atoms with Gasteiger partial charge in [-0.1, -0.05) is 74.6 Å². The fourth-order valence-corrected chi connectivity index (χ4v) is 4.74. The van der Waals surface area contributed by atoms with Crippen molar-refractivity contribution >= 4 is 24.9 Å². The maximum absolute atomic E-state index is 5.40. The summed E-state index contributed by atoms with van der Waals surface area (Å²) in [7, 11) is -0.269. The molecule has 0 N–H and O–H groups in total. The van der Waals surface area contributed by atoms with Gasteiger partial charge < -0.3 is 29.6 Å².